The fourth-order valence-electron chi connectivity index (χ4n) is 2.16. The van der Waals surface area contributed by atoms with Gasteiger partial charge in [-0.3, -0.25) is 0 Å². The van der Waals surface area contributed by atoms with Crippen LogP contribution < -0.4 is 5.32 Å². The summed E-state index contributed by atoms with van der Waals surface area (Å²) in [4.78, 5) is 23.2. The Labute approximate surface area is 127 Å². The molecule has 0 aliphatic carbocycles. The first-order chi connectivity index (χ1) is 10.9. The summed E-state index contributed by atoms with van der Waals surface area (Å²) in [6, 6.07) is 7.94. The highest BCUT2D eigenvalue weighted by Crippen LogP contribution is 2.16. The van der Waals surface area contributed by atoms with E-state index in [0.29, 0.717) is 18.0 Å². The number of hydrogen-bond donors (Lipinski definition) is 3. The van der Waals surface area contributed by atoms with Crippen LogP contribution in [0.5, 0.6) is 0 Å². The van der Waals surface area contributed by atoms with Crippen LogP contribution in [0.3, 0.4) is 0 Å². The van der Waals surface area contributed by atoms with E-state index in [1.807, 2.05) is 38.1 Å². The predicted octanol–water partition coefficient (Wildman–Crippen LogP) is 2.87. The maximum absolute atomic E-state index is 4.51. The second kappa shape index (κ2) is 6.21. The van der Waals surface area contributed by atoms with Crippen LogP contribution in [0.4, 0.5) is 5.82 Å². The largest absolute Gasteiger partial charge is 0.361 e. The maximum atomic E-state index is 4.51. The van der Waals surface area contributed by atoms with Crippen molar-refractivity contribution in [2.75, 3.05) is 5.32 Å². The van der Waals surface area contributed by atoms with Gasteiger partial charge in [-0.25, -0.2) is 19.9 Å². The molecule has 112 valence electrons. The number of benzene rings is 1. The molecule has 0 fully saturated rings. The maximum Gasteiger partial charge on any atom is 0.182 e. The van der Waals surface area contributed by atoms with Gasteiger partial charge in [-0.15, -0.1) is 0 Å². The first-order valence-corrected chi connectivity index (χ1v) is 7.22. The van der Waals surface area contributed by atoms with E-state index in [-0.39, 0.29) is 0 Å². The Morgan fingerprint density at radius 1 is 1.09 bits per heavy atom. The number of aromatic amines is 2. The molecule has 3 heterocycles. The van der Waals surface area contributed by atoms with Crippen LogP contribution in [0.2, 0.25) is 0 Å². The Bertz CT molecular complexity index is 845. The van der Waals surface area contributed by atoms with Crippen molar-refractivity contribution in [3.63, 3.8) is 0 Å². The molecule has 0 spiro atoms. The highest BCUT2D eigenvalue weighted by Gasteiger charge is 2.06. The van der Waals surface area contributed by atoms with Gasteiger partial charge < -0.3 is 15.3 Å². The highest BCUT2D eigenvalue weighted by molar-refractivity contribution is 5.82. The third-order valence-electron chi connectivity index (χ3n) is 3.08. The number of nitrogens with zero attached hydrogens (tertiary/aromatic N) is 4. The lowest BCUT2D eigenvalue weighted by molar-refractivity contribution is 0.996. The van der Waals surface area contributed by atoms with Crippen molar-refractivity contribution in [3.8, 4) is 0 Å². The molecule has 0 atom stereocenters. The molecule has 3 N–H and O–H groups in total. The zero-order valence-corrected chi connectivity index (χ0v) is 12.5. The summed E-state index contributed by atoms with van der Waals surface area (Å²) in [5.74, 6) is 1.57. The van der Waals surface area contributed by atoms with Crippen LogP contribution in [0, 0.1) is 0 Å². The molecule has 4 aromatic rings. The quantitative estimate of drug-likeness (QED) is 0.540. The smallest absolute Gasteiger partial charge is 0.182 e. The van der Waals surface area contributed by atoms with Gasteiger partial charge in [0.15, 0.2) is 11.5 Å². The Balaban J connectivity index is 0.000000693. The van der Waals surface area contributed by atoms with E-state index in [2.05, 4.69) is 35.2 Å². The monoisotopic (exact) mass is 295 g/mol. The fraction of sp³-hybridized carbons (Fsp3) is 0.200. The molecule has 1 aromatic carbocycles. The van der Waals surface area contributed by atoms with Gasteiger partial charge in [-0.1, -0.05) is 26.0 Å². The highest BCUT2D eigenvalue weighted by atomic mass is 15.1. The Morgan fingerprint density at radius 2 is 1.95 bits per heavy atom. The molecular formula is C15H17N7. The fourth-order valence-corrected chi connectivity index (χ4v) is 2.16. The second-order valence-corrected chi connectivity index (χ2v) is 4.38. The minimum absolute atomic E-state index is 0.555. The third kappa shape index (κ3) is 2.60. The zero-order chi connectivity index (χ0) is 15.4. The molecule has 0 saturated carbocycles. The standard InChI is InChI=1S/C13H11N7.C2H6/c1-2-4-9-8(3-1)19-10(20-9)5-14-12-11-13(16-6-15-11)18-7-17-12;1-2/h1-4,6-7H,5H2,(H,19,20)(H2,14,15,16,17,18);1-2H3. The van der Waals surface area contributed by atoms with Crippen molar-refractivity contribution < 1.29 is 0 Å². The average molecular weight is 295 g/mol. The predicted molar refractivity (Wildman–Crippen MR) is 86.5 cm³/mol. The number of fused-ring (bicyclic) bond motifs is 2. The van der Waals surface area contributed by atoms with Crippen molar-refractivity contribution >= 4 is 28.0 Å². The van der Waals surface area contributed by atoms with Gasteiger partial charge in [0.05, 0.1) is 23.9 Å². The second-order valence-electron chi connectivity index (χ2n) is 4.38. The summed E-state index contributed by atoms with van der Waals surface area (Å²) < 4.78 is 0. The molecule has 0 saturated heterocycles. The van der Waals surface area contributed by atoms with Gasteiger partial charge in [0, 0.05) is 0 Å². The SMILES string of the molecule is CC.c1ccc2[nH]c(CNc3ncnc4nc[nH]c34)nc2c1. The van der Waals surface area contributed by atoms with Gasteiger partial charge in [-0.05, 0) is 12.1 Å². The number of rotatable bonds is 3. The average Bonchev–Trinajstić information content (AvgIpc) is 3.21. The van der Waals surface area contributed by atoms with Gasteiger partial charge in [-0.2, -0.15) is 0 Å². The van der Waals surface area contributed by atoms with Crippen molar-refractivity contribution in [1.29, 1.82) is 0 Å². The number of H-pyrrole nitrogens is 2. The van der Waals surface area contributed by atoms with Crippen LogP contribution in [-0.4, -0.2) is 29.9 Å². The van der Waals surface area contributed by atoms with E-state index in [1.54, 1.807) is 6.33 Å². The van der Waals surface area contributed by atoms with Crippen LogP contribution in [0.15, 0.2) is 36.9 Å². The molecule has 0 radical (unpaired) electrons. The van der Waals surface area contributed by atoms with E-state index in [4.69, 9.17) is 0 Å². The van der Waals surface area contributed by atoms with Crippen molar-refractivity contribution in [2.45, 2.75) is 20.4 Å². The van der Waals surface area contributed by atoms with Crippen LogP contribution in [-0.2, 0) is 6.54 Å². The van der Waals surface area contributed by atoms with Crippen molar-refractivity contribution in [3.05, 3.63) is 42.7 Å². The first kappa shape index (κ1) is 14.0. The molecule has 0 unspecified atom stereocenters. The minimum atomic E-state index is 0.555. The lowest BCUT2D eigenvalue weighted by Crippen LogP contribution is -2.03. The van der Waals surface area contributed by atoms with Gasteiger partial charge in [0.1, 0.15) is 17.7 Å². The van der Waals surface area contributed by atoms with Crippen molar-refractivity contribution in [2.24, 2.45) is 0 Å². The lowest BCUT2D eigenvalue weighted by atomic mass is 10.3. The number of para-hydroxylation sites is 2. The van der Waals surface area contributed by atoms with Gasteiger partial charge >= 0.3 is 0 Å². The summed E-state index contributed by atoms with van der Waals surface area (Å²) >= 11 is 0. The Hall–Kier alpha value is -2.96. The Morgan fingerprint density at radius 3 is 2.82 bits per heavy atom. The molecule has 22 heavy (non-hydrogen) atoms. The zero-order valence-electron chi connectivity index (χ0n) is 12.5. The lowest BCUT2D eigenvalue weighted by Gasteiger charge is -2.03. The molecule has 0 aliphatic heterocycles. The number of aromatic nitrogens is 6. The minimum Gasteiger partial charge on any atom is -0.361 e. The number of anilines is 1. The van der Waals surface area contributed by atoms with Crippen molar-refractivity contribution in [1.82, 2.24) is 29.9 Å². The number of imidazole rings is 2. The molecule has 0 aliphatic rings. The normalized spacial score (nSPS) is 10.5. The topological polar surface area (TPSA) is 95.2 Å². The molecule has 0 bridgehead atoms. The van der Waals surface area contributed by atoms with E-state index < -0.39 is 0 Å². The van der Waals surface area contributed by atoms with E-state index in [1.165, 1.54) is 6.33 Å². The summed E-state index contributed by atoms with van der Waals surface area (Å²) in [6.45, 7) is 4.56. The Kier molecular flexibility index (Phi) is 3.95. The van der Waals surface area contributed by atoms with E-state index in [0.717, 1.165) is 22.4 Å². The van der Waals surface area contributed by atoms with Gasteiger partial charge in [0.25, 0.3) is 0 Å². The molecule has 4 rings (SSSR count). The number of nitrogens with one attached hydrogen (secondary N) is 3. The van der Waals surface area contributed by atoms with E-state index >= 15 is 0 Å². The summed E-state index contributed by atoms with van der Waals surface area (Å²) in [6.07, 6.45) is 3.09. The molecule has 7 heteroatoms. The summed E-state index contributed by atoms with van der Waals surface area (Å²) in [7, 11) is 0. The molecule has 3 aromatic heterocycles. The molecule has 0 amide bonds. The summed E-state index contributed by atoms with van der Waals surface area (Å²) in [5, 5.41) is 3.23. The van der Waals surface area contributed by atoms with Crippen LogP contribution in [0.1, 0.15) is 19.7 Å². The number of hydrogen-bond acceptors (Lipinski definition) is 5. The van der Waals surface area contributed by atoms with Gasteiger partial charge in [0.2, 0.25) is 0 Å². The van der Waals surface area contributed by atoms with Crippen LogP contribution in [0.25, 0.3) is 22.2 Å². The third-order valence-corrected chi connectivity index (χ3v) is 3.08. The molecule has 7 nitrogen and oxygen atoms in total. The summed E-state index contributed by atoms with van der Waals surface area (Å²) in [5.41, 5.74) is 3.42. The van der Waals surface area contributed by atoms with Crippen LogP contribution >= 0.6 is 0 Å². The van der Waals surface area contributed by atoms with E-state index in [9.17, 15) is 0 Å². The first-order valence-electron chi connectivity index (χ1n) is 7.22. The molecular weight excluding hydrogens is 278 g/mol.